The number of hydrogen-bond donors (Lipinski definition) is 4. The molecule has 5 rings (SSSR count). The molecule has 0 spiro atoms. The topological polar surface area (TPSA) is 95.2 Å². The Labute approximate surface area is 193 Å². The molecule has 2 aromatic carbocycles. The molecule has 0 radical (unpaired) electrons. The molecule has 2 aliphatic heterocycles. The van der Waals surface area contributed by atoms with E-state index < -0.39 is 6.04 Å². The van der Waals surface area contributed by atoms with Crippen molar-refractivity contribution in [3.8, 4) is 0 Å². The predicted octanol–water partition coefficient (Wildman–Crippen LogP) is 2.20. The van der Waals surface area contributed by atoms with Gasteiger partial charge in [-0.25, -0.2) is 0 Å². The smallest absolute Gasteiger partial charge is 0.243 e. The Balaban J connectivity index is 1.30. The minimum absolute atomic E-state index is 0.0508. The van der Waals surface area contributed by atoms with Crippen molar-refractivity contribution in [3.05, 3.63) is 71.4 Å². The second-order valence-electron chi connectivity index (χ2n) is 8.91. The third-order valence-corrected chi connectivity index (χ3v) is 6.66. The van der Waals surface area contributed by atoms with Crippen molar-refractivity contribution in [2.45, 2.75) is 50.4 Å². The van der Waals surface area contributed by atoms with E-state index >= 15 is 0 Å². The molecular weight excluding hydrogens is 416 g/mol. The number of fused-ring (bicyclic) bond motifs is 2. The molecule has 33 heavy (non-hydrogen) atoms. The molecule has 3 heterocycles. The Morgan fingerprint density at radius 1 is 1.09 bits per heavy atom. The molecule has 0 aliphatic carbocycles. The Kier molecular flexibility index (Phi) is 6.41. The molecule has 3 atom stereocenters. The maximum absolute atomic E-state index is 13.2. The highest BCUT2D eigenvalue weighted by Crippen LogP contribution is 2.20. The van der Waals surface area contributed by atoms with E-state index in [2.05, 4.69) is 33.1 Å². The summed E-state index contributed by atoms with van der Waals surface area (Å²) in [5.74, 6) is -0.332. The van der Waals surface area contributed by atoms with Crippen molar-refractivity contribution in [2.75, 3.05) is 13.2 Å². The summed E-state index contributed by atoms with van der Waals surface area (Å²) in [7, 11) is 0. The molecular formula is C26H30N4O3. The van der Waals surface area contributed by atoms with Gasteiger partial charge in [0.25, 0.3) is 0 Å². The van der Waals surface area contributed by atoms with Gasteiger partial charge < -0.3 is 25.7 Å². The summed E-state index contributed by atoms with van der Waals surface area (Å²) in [6, 6.07) is 15.1. The molecule has 0 saturated carbocycles. The van der Waals surface area contributed by atoms with Gasteiger partial charge in [0.1, 0.15) is 6.04 Å². The summed E-state index contributed by atoms with van der Waals surface area (Å²) in [5, 5.41) is 10.4. The minimum atomic E-state index is -0.669. The lowest BCUT2D eigenvalue weighted by Gasteiger charge is -2.27. The van der Waals surface area contributed by atoms with Crippen LogP contribution in [-0.4, -0.2) is 48.1 Å². The fraction of sp³-hybridized carbons (Fsp3) is 0.385. The average molecular weight is 447 g/mol. The zero-order valence-corrected chi connectivity index (χ0v) is 18.6. The number of hydrogen-bond acceptors (Lipinski definition) is 4. The van der Waals surface area contributed by atoms with Crippen LogP contribution in [0.5, 0.6) is 0 Å². The largest absolute Gasteiger partial charge is 0.376 e. The Hall–Kier alpha value is -3.16. The maximum Gasteiger partial charge on any atom is 0.243 e. The van der Waals surface area contributed by atoms with Gasteiger partial charge in [0, 0.05) is 43.2 Å². The van der Waals surface area contributed by atoms with E-state index in [0.717, 1.165) is 35.9 Å². The lowest BCUT2D eigenvalue weighted by atomic mass is 9.95. The van der Waals surface area contributed by atoms with Crippen molar-refractivity contribution in [1.29, 1.82) is 0 Å². The molecule has 0 unspecified atom stereocenters. The molecule has 3 aromatic rings. The van der Waals surface area contributed by atoms with Crippen LogP contribution in [0.4, 0.5) is 0 Å². The Morgan fingerprint density at radius 2 is 1.91 bits per heavy atom. The van der Waals surface area contributed by atoms with E-state index in [1.54, 1.807) is 0 Å². The standard InChI is InChI=1S/C26H30N4O3/c31-25(29-16-20-8-5-11-33-20)24(13-19-15-27-22-10-4-3-9-21(19)22)30-26(32)23-12-17-6-1-2-7-18(17)14-28-23/h1-4,6-7,9-10,15,20,23-24,27-28H,5,8,11-14,16H2,(H,29,31)(H,30,32)/t20-,23+,24-/m1/s1. The number of para-hydroxylation sites is 1. The molecule has 0 bridgehead atoms. The van der Waals surface area contributed by atoms with Gasteiger partial charge in [-0.15, -0.1) is 0 Å². The summed E-state index contributed by atoms with van der Waals surface area (Å²) in [4.78, 5) is 29.6. The van der Waals surface area contributed by atoms with Crippen LogP contribution in [0.15, 0.2) is 54.7 Å². The van der Waals surface area contributed by atoms with Crippen molar-refractivity contribution in [3.63, 3.8) is 0 Å². The lowest BCUT2D eigenvalue weighted by molar-refractivity contribution is -0.130. The number of carbonyl (C=O) groups is 2. The van der Waals surface area contributed by atoms with E-state index in [1.807, 2.05) is 42.6 Å². The maximum atomic E-state index is 13.2. The first kappa shape index (κ1) is 21.7. The van der Waals surface area contributed by atoms with Gasteiger partial charge in [-0.1, -0.05) is 42.5 Å². The van der Waals surface area contributed by atoms with Crippen molar-refractivity contribution < 1.29 is 14.3 Å². The Morgan fingerprint density at radius 3 is 2.76 bits per heavy atom. The van der Waals surface area contributed by atoms with Gasteiger partial charge in [0.2, 0.25) is 11.8 Å². The predicted molar refractivity (Wildman–Crippen MR) is 127 cm³/mol. The fourth-order valence-electron chi connectivity index (χ4n) is 4.78. The Bertz CT molecular complexity index is 1140. The number of nitrogens with one attached hydrogen (secondary N) is 4. The van der Waals surface area contributed by atoms with Gasteiger partial charge in [0.05, 0.1) is 12.1 Å². The number of ether oxygens (including phenoxy) is 1. The third-order valence-electron chi connectivity index (χ3n) is 6.66. The molecule has 2 amide bonds. The second kappa shape index (κ2) is 9.77. The third kappa shape index (κ3) is 4.94. The van der Waals surface area contributed by atoms with E-state index in [4.69, 9.17) is 4.74 Å². The molecule has 2 aliphatic rings. The number of aromatic nitrogens is 1. The number of H-pyrrole nitrogens is 1. The zero-order valence-electron chi connectivity index (χ0n) is 18.6. The number of benzene rings is 2. The quantitative estimate of drug-likeness (QED) is 0.448. The first-order valence-corrected chi connectivity index (χ1v) is 11.7. The molecule has 7 heteroatoms. The molecule has 7 nitrogen and oxygen atoms in total. The van der Waals surface area contributed by atoms with Crippen molar-refractivity contribution in [1.82, 2.24) is 20.9 Å². The van der Waals surface area contributed by atoms with Crippen LogP contribution in [0.1, 0.15) is 29.5 Å². The van der Waals surface area contributed by atoms with Crippen LogP contribution < -0.4 is 16.0 Å². The summed E-state index contributed by atoms with van der Waals surface area (Å²) in [6.07, 6.45) is 4.97. The minimum Gasteiger partial charge on any atom is -0.376 e. The lowest BCUT2D eigenvalue weighted by Crippen LogP contribution is -2.55. The van der Waals surface area contributed by atoms with E-state index in [-0.39, 0.29) is 24.0 Å². The molecule has 1 saturated heterocycles. The first-order valence-electron chi connectivity index (χ1n) is 11.7. The van der Waals surface area contributed by atoms with Crippen molar-refractivity contribution >= 4 is 22.7 Å². The molecule has 4 N–H and O–H groups in total. The van der Waals surface area contributed by atoms with Crippen molar-refractivity contribution in [2.24, 2.45) is 0 Å². The number of carbonyl (C=O) groups excluding carboxylic acids is 2. The highest BCUT2D eigenvalue weighted by Gasteiger charge is 2.29. The van der Waals surface area contributed by atoms with Crippen LogP contribution in [0.3, 0.4) is 0 Å². The first-order chi connectivity index (χ1) is 16.2. The van der Waals surface area contributed by atoms with Crippen LogP contribution in [0.2, 0.25) is 0 Å². The number of aromatic amines is 1. The van der Waals surface area contributed by atoms with Gasteiger partial charge in [0.15, 0.2) is 0 Å². The highest BCUT2D eigenvalue weighted by molar-refractivity contribution is 5.91. The van der Waals surface area contributed by atoms with Crippen LogP contribution in [-0.2, 0) is 33.7 Å². The van der Waals surface area contributed by atoms with E-state index in [1.165, 1.54) is 11.1 Å². The summed E-state index contributed by atoms with van der Waals surface area (Å²) >= 11 is 0. The monoisotopic (exact) mass is 446 g/mol. The summed E-state index contributed by atoms with van der Waals surface area (Å²) in [6.45, 7) is 1.85. The number of amides is 2. The van der Waals surface area contributed by atoms with Crippen LogP contribution in [0.25, 0.3) is 10.9 Å². The number of rotatable bonds is 7. The summed E-state index contributed by atoms with van der Waals surface area (Å²) in [5.41, 5.74) is 4.41. The van der Waals surface area contributed by atoms with Gasteiger partial charge in [-0.2, -0.15) is 0 Å². The fourth-order valence-corrected chi connectivity index (χ4v) is 4.78. The van der Waals surface area contributed by atoms with Gasteiger partial charge >= 0.3 is 0 Å². The zero-order chi connectivity index (χ0) is 22.6. The normalized spacial score (nSPS) is 20.8. The van der Waals surface area contributed by atoms with Crippen LogP contribution in [0, 0.1) is 0 Å². The van der Waals surface area contributed by atoms with Crippen LogP contribution >= 0.6 is 0 Å². The van der Waals surface area contributed by atoms with E-state index in [0.29, 0.717) is 25.9 Å². The average Bonchev–Trinajstić information content (AvgIpc) is 3.52. The van der Waals surface area contributed by atoms with Gasteiger partial charge in [-0.05, 0) is 42.0 Å². The summed E-state index contributed by atoms with van der Waals surface area (Å²) < 4.78 is 5.64. The van der Waals surface area contributed by atoms with E-state index in [9.17, 15) is 9.59 Å². The molecule has 1 fully saturated rings. The molecule has 1 aromatic heterocycles. The highest BCUT2D eigenvalue weighted by atomic mass is 16.5. The second-order valence-corrected chi connectivity index (χ2v) is 8.91. The SMILES string of the molecule is O=C(N[C@H](Cc1c[nH]c2ccccc12)C(=O)NC[C@H]1CCCO1)[C@@H]1Cc2ccccc2CN1. The molecule has 172 valence electrons. The van der Waals surface area contributed by atoms with Gasteiger partial charge in [-0.3, -0.25) is 9.59 Å².